The second kappa shape index (κ2) is 7.31. The van der Waals surface area contributed by atoms with E-state index in [1.807, 2.05) is 0 Å². The van der Waals surface area contributed by atoms with Crippen molar-refractivity contribution < 1.29 is 13.9 Å². The first kappa shape index (κ1) is 14.9. The summed E-state index contributed by atoms with van der Waals surface area (Å²) in [7, 11) is 1.68. The van der Waals surface area contributed by atoms with E-state index >= 15 is 0 Å². The molecule has 0 aliphatic carbocycles. The van der Waals surface area contributed by atoms with E-state index in [0.29, 0.717) is 19.7 Å². The van der Waals surface area contributed by atoms with E-state index in [-0.39, 0.29) is 11.6 Å². The van der Waals surface area contributed by atoms with Crippen LogP contribution in [0.2, 0.25) is 0 Å². The monoisotopic (exact) mass is 281 g/mol. The number of hydrogen-bond acceptors (Lipinski definition) is 4. The number of methoxy groups -OCH3 is 1. The lowest BCUT2D eigenvalue weighted by Crippen LogP contribution is -2.36. The fourth-order valence-electron chi connectivity index (χ4n) is 2.31. The van der Waals surface area contributed by atoms with Gasteiger partial charge in [-0.1, -0.05) is 6.07 Å². The largest absolute Gasteiger partial charge is 0.383 e. The third-order valence-electron chi connectivity index (χ3n) is 3.42. The second-order valence-corrected chi connectivity index (χ2v) is 4.83. The average molecular weight is 281 g/mol. The minimum atomic E-state index is -0.618. The number of halogens is 1. The maximum Gasteiger partial charge on any atom is 0.272 e. The maximum absolute atomic E-state index is 13.1. The quantitative estimate of drug-likeness (QED) is 0.773. The van der Waals surface area contributed by atoms with E-state index in [1.54, 1.807) is 18.1 Å². The Labute approximate surface area is 118 Å². The molecule has 0 radical (unpaired) electrons. The molecule has 1 aliphatic heterocycles. The molecule has 2 rings (SSSR count). The predicted octanol–water partition coefficient (Wildman–Crippen LogP) is 1.01. The summed E-state index contributed by atoms with van der Waals surface area (Å²) in [5.74, 6) is -0.814. The van der Waals surface area contributed by atoms with Crippen LogP contribution in [0.25, 0.3) is 0 Å². The molecule has 1 saturated heterocycles. The van der Waals surface area contributed by atoms with Gasteiger partial charge < -0.3 is 9.64 Å². The van der Waals surface area contributed by atoms with Gasteiger partial charge >= 0.3 is 0 Å². The summed E-state index contributed by atoms with van der Waals surface area (Å²) < 4.78 is 18.1. The number of aromatic nitrogens is 1. The van der Waals surface area contributed by atoms with Crippen molar-refractivity contribution >= 4 is 5.91 Å². The number of carbonyl (C=O) groups excluding carboxylic acids is 1. The van der Waals surface area contributed by atoms with Crippen LogP contribution >= 0.6 is 0 Å². The maximum atomic E-state index is 13.1. The van der Waals surface area contributed by atoms with Gasteiger partial charge in [0.25, 0.3) is 5.91 Å². The molecule has 1 aliphatic rings. The second-order valence-electron chi connectivity index (χ2n) is 4.83. The lowest BCUT2D eigenvalue weighted by molar-refractivity contribution is 0.0752. The van der Waals surface area contributed by atoms with Crippen LogP contribution < -0.4 is 0 Å². The van der Waals surface area contributed by atoms with Gasteiger partial charge in [-0.3, -0.25) is 9.69 Å². The molecular weight excluding hydrogens is 261 g/mol. The number of nitrogens with zero attached hydrogens (tertiary/aromatic N) is 3. The molecule has 5 nitrogen and oxygen atoms in total. The first-order valence-corrected chi connectivity index (χ1v) is 6.84. The Balaban J connectivity index is 1.94. The first-order chi connectivity index (χ1) is 9.70. The minimum Gasteiger partial charge on any atom is -0.383 e. The van der Waals surface area contributed by atoms with Crippen LogP contribution in [0.4, 0.5) is 4.39 Å². The zero-order valence-electron chi connectivity index (χ0n) is 11.7. The van der Waals surface area contributed by atoms with Gasteiger partial charge in [-0.05, 0) is 25.1 Å². The van der Waals surface area contributed by atoms with E-state index < -0.39 is 5.95 Å². The standard InChI is InChI=1S/C14H20FN3O2/c1-20-11-10-17-6-3-7-18(9-8-17)14(19)12-4-2-5-13(15)16-12/h2,4-5H,3,6-11H2,1H3. The van der Waals surface area contributed by atoms with E-state index in [0.717, 1.165) is 26.1 Å². The average Bonchev–Trinajstić information content (AvgIpc) is 2.70. The highest BCUT2D eigenvalue weighted by molar-refractivity contribution is 5.92. The molecule has 0 unspecified atom stereocenters. The zero-order valence-corrected chi connectivity index (χ0v) is 11.7. The van der Waals surface area contributed by atoms with Crippen molar-refractivity contribution in [1.29, 1.82) is 0 Å². The van der Waals surface area contributed by atoms with Crippen LogP contribution in [0, 0.1) is 5.95 Å². The Hall–Kier alpha value is -1.53. The highest BCUT2D eigenvalue weighted by Gasteiger charge is 2.21. The number of ether oxygens (including phenoxy) is 1. The summed E-state index contributed by atoms with van der Waals surface area (Å²) in [5.41, 5.74) is 0.176. The molecule has 2 heterocycles. The molecule has 0 atom stereocenters. The van der Waals surface area contributed by atoms with Crippen molar-refractivity contribution in [3.63, 3.8) is 0 Å². The van der Waals surface area contributed by atoms with Crippen LogP contribution in [0.15, 0.2) is 18.2 Å². The molecule has 20 heavy (non-hydrogen) atoms. The Morgan fingerprint density at radius 2 is 2.20 bits per heavy atom. The van der Waals surface area contributed by atoms with Gasteiger partial charge in [-0.15, -0.1) is 0 Å². The van der Waals surface area contributed by atoms with E-state index in [9.17, 15) is 9.18 Å². The topological polar surface area (TPSA) is 45.7 Å². The third kappa shape index (κ3) is 3.98. The van der Waals surface area contributed by atoms with Gasteiger partial charge in [0.1, 0.15) is 5.69 Å². The molecule has 110 valence electrons. The van der Waals surface area contributed by atoms with Gasteiger partial charge in [0, 0.05) is 33.3 Å². The van der Waals surface area contributed by atoms with Crippen molar-refractivity contribution in [3.8, 4) is 0 Å². The number of pyridine rings is 1. The summed E-state index contributed by atoms with van der Waals surface area (Å²) in [6, 6.07) is 4.31. The van der Waals surface area contributed by atoms with Crippen LogP contribution in [0.3, 0.4) is 0 Å². The normalized spacial score (nSPS) is 17.0. The molecule has 1 fully saturated rings. The van der Waals surface area contributed by atoms with Crippen molar-refractivity contribution in [2.75, 3.05) is 46.4 Å². The molecule has 1 amide bonds. The Kier molecular flexibility index (Phi) is 5.43. The van der Waals surface area contributed by atoms with Crippen LogP contribution in [-0.2, 0) is 4.74 Å². The van der Waals surface area contributed by atoms with Crippen LogP contribution in [-0.4, -0.2) is 67.1 Å². The highest BCUT2D eigenvalue weighted by atomic mass is 19.1. The van der Waals surface area contributed by atoms with Crippen molar-refractivity contribution in [2.24, 2.45) is 0 Å². The molecular formula is C14H20FN3O2. The number of amides is 1. The van der Waals surface area contributed by atoms with Gasteiger partial charge in [0.2, 0.25) is 5.95 Å². The van der Waals surface area contributed by atoms with E-state index in [1.165, 1.54) is 12.1 Å². The van der Waals surface area contributed by atoms with Gasteiger partial charge in [-0.25, -0.2) is 4.98 Å². The number of carbonyl (C=O) groups is 1. The Morgan fingerprint density at radius 1 is 1.35 bits per heavy atom. The Morgan fingerprint density at radius 3 is 2.95 bits per heavy atom. The Bertz CT molecular complexity index is 456. The molecule has 0 saturated carbocycles. The summed E-state index contributed by atoms with van der Waals surface area (Å²) in [6.07, 6.45) is 0.908. The number of hydrogen-bond donors (Lipinski definition) is 0. The van der Waals surface area contributed by atoms with E-state index in [4.69, 9.17) is 4.74 Å². The summed E-state index contributed by atoms with van der Waals surface area (Å²) in [4.78, 5) is 20.0. The summed E-state index contributed by atoms with van der Waals surface area (Å²) in [6.45, 7) is 4.64. The molecule has 6 heteroatoms. The zero-order chi connectivity index (χ0) is 14.4. The van der Waals surface area contributed by atoms with Gasteiger partial charge in [0.15, 0.2) is 0 Å². The summed E-state index contributed by atoms with van der Waals surface area (Å²) in [5, 5.41) is 0. The SMILES string of the molecule is COCCN1CCCN(C(=O)c2cccc(F)n2)CC1. The van der Waals surface area contributed by atoms with E-state index in [2.05, 4.69) is 9.88 Å². The van der Waals surface area contributed by atoms with Crippen LogP contribution in [0.5, 0.6) is 0 Å². The lowest BCUT2D eigenvalue weighted by Gasteiger charge is -2.21. The van der Waals surface area contributed by atoms with Crippen molar-refractivity contribution in [3.05, 3.63) is 29.8 Å². The molecule has 0 aromatic carbocycles. The smallest absolute Gasteiger partial charge is 0.272 e. The molecule has 0 spiro atoms. The van der Waals surface area contributed by atoms with Crippen molar-refractivity contribution in [2.45, 2.75) is 6.42 Å². The van der Waals surface area contributed by atoms with Gasteiger partial charge in [0.05, 0.1) is 6.61 Å². The fourth-order valence-corrected chi connectivity index (χ4v) is 2.31. The molecule has 0 N–H and O–H groups in total. The minimum absolute atomic E-state index is 0.176. The van der Waals surface area contributed by atoms with Crippen molar-refractivity contribution in [1.82, 2.24) is 14.8 Å². The lowest BCUT2D eigenvalue weighted by atomic mass is 10.3. The first-order valence-electron chi connectivity index (χ1n) is 6.84. The van der Waals surface area contributed by atoms with Crippen LogP contribution in [0.1, 0.15) is 16.9 Å². The fraction of sp³-hybridized carbons (Fsp3) is 0.571. The molecule has 0 bridgehead atoms. The predicted molar refractivity (Wildman–Crippen MR) is 73.0 cm³/mol. The third-order valence-corrected chi connectivity index (χ3v) is 3.42. The van der Waals surface area contributed by atoms with Gasteiger partial charge in [-0.2, -0.15) is 4.39 Å². The molecule has 1 aromatic heterocycles. The number of rotatable bonds is 4. The molecule has 1 aromatic rings. The highest BCUT2D eigenvalue weighted by Crippen LogP contribution is 2.08. The summed E-state index contributed by atoms with van der Waals surface area (Å²) >= 11 is 0.